The van der Waals surface area contributed by atoms with E-state index in [-0.39, 0.29) is 24.5 Å². The molecular weight excluding hydrogens is 364 g/mol. The van der Waals surface area contributed by atoms with E-state index in [0.29, 0.717) is 6.54 Å². The van der Waals surface area contributed by atoms with E-state index >= 15 is 0 Å². The fourth-order valence-electron chi connectivity index (χ4n) is 3.03. The van der Waals surface area contributed by atoms with Crippen molar-refractivity contribution in [1.29, 1.82) is 0 Å². The molecule has 1 aromatic heterocycles. The average Bonchev–Trinajstić information content (AvgIpc) is 3.15. The lowest BCUT2D eigenvalue weighted by atomic mass is 10.1. The molecule has 0 spiro atoms. The summed E-state index contributed by atoms with van der Waals surface area (Å²) in [5.74, 6) is -0.269. The highest BCUT2D eigenvalue weighted by Crippen LogP contribution is 2.19. The van der Waals surface area contributed by atoms with Crippen LogP contribution < -0.4 is 22.3 Å². The van der Waals surface area contributed by atoms with Gasteiger partial charge in [-0.25, -0.2) is 4.79 Å². The second-order valence-corrected chi connectivity index (χ2v) is 6.89. The van der Waals surface area contributed by atoms with Gasteiger partial charge in [0.25, 0.3) is 5.56 Å². The number of nitrogens with two attached hydrogens (primary N) is 1. The standard InChI is InChI=1S/C19H30N4O5/c20-9-5-3-1-2-4-6-10-21-16(25)11-14-12-23(19(27)22-18(14)26)17-8-7-15(13-24)28-17/h7-8,12,15,17,24H,1-6,9-11,13,20H2,(H,21,25)(H,22,26,27)/t15-,17+/m1/s1. The molecule has 0 aromatic carbocycles. The molecule has 0 saturated carbocycles. The van der Waals surface area contributed by atoms with Gasteiger partial charge >= 0.3 is 5.69 Å². The first kappa shape index (κ1) is 22.1. The van der Waals surface area contributed by atoms with Crippen molar-refractivity contribution in [2.24, 2.45) is 5.73 Å². The largest absolute Gasteiger partial charge is 0.393 e. The summed E-state index contributed by atoms with van der Waals surface area (Å²) in [7, 11) is 0. The number of aromatic amines is 1. The number of aromatic nitrogens is 2. The van der Waals surface area contributed by atoms with E-state index in [0.717, 1.165) is 45.1 Å². The molecule has 9 nitrogen and oxygen atoms in total. The highest BCUT2D eigenvalue weighted by Gasteiger charge is 2.22. The van der Waals surface area contributed by atoms with Gasteiger partial charge < -0.3 is 20.9 Å². The molecule has 1 aromatic rings. The number of hydrogen-bond acceptors (Lipinski definition) is 6. The summed E-state index contributed by atoms with van der Waals surface area (Å²) in [5.41, 5.74) is 4.42. The first-order valence-electron chi connectivity index (χ1n) is 9.81. The van der Waals surface area contributed by atoms with Crippen LogP contribution in [-0.4, -0.2) is 46.4 Å². The number of rotatable bonds is 12. The molecule has 1 aliphatic rings. The fraction of sp³-hybridized carbons (Fsp3) is 0.632. The molecule has 9 heteroatoms. The van der Waals surface area contributed by atoms with Crippen molar-refractivity contribution >= 4 is 5.91 Å². The molecule has 0 aliphatic carbocycles. The van der Waals surface area contributed by atoms with Crippen molar-refractivity contribution in [3.63, 3.8) is 0 Å². The zero-order valence-electron chi connectivity index (χ0n) is 16.1. The van der Waals surface area contributed by atoms with Crippen molar-refractivity contribution in [2.75, 3.05) is 19.7 Å². The summed E-state index contributed by atoms with van der Waals surface area (Å²) >= 11 is 0. The van der Waals surface area contributed by atoms with Crippen LogP contribution in [0.4, 0.5) is 0 Å². The van der Waals surface area contributed by atoms with Crippen LogP contribution in [0.15, 0.2) is 27.9 Å². The number of nitrogens with zero attached hydrogens (tertiary/aromatic N) is 1. The summed E-state index contributed by atoms with van der Waals surface area (Å²) in [4.78, 5) is 38.4. The van der Waals surface area contributed by atoms with Crippen LogP contribution in [0.5, 0.6) is 0 Å². The third-order valence-electron chi connectivity index (χ3n) is 4.60. The highest BCUT2D eigenvalue weighted by molar-refractivity contribution is 5.78. The van der Waals surface area contributed by atoms with Crippen LogP contribution in [0, 0.1) is 0 Å². The maximum atomic E-state index is 12.1. The van der Waals surface area contributed by atoms with E-state index in [2.05, 4.69) is 10.3 Å². The van der Waals surface area contributed by atoms with Crippen LogP contribution in [0.25, 0.3) is 0 Å². The number of nitrogens with one attached hydrogen (secondary N) is 2. The van der Waals surface area contributed by atoms with Crippen LogP contribution in [0.2, 0.25) is 0 Å². The number of hydrogen-bond donors (Lipinski definition) is 4. The summed E-state index contributed by atoms with van der Waals surface area (Å²) in [6, 6.07) is 0. The summed E-state index contributed by atoms with van der Waals surface area (Å²) in [5, 5.41) is 11.9. The Labute approximate surface area is 163 Å². The second kappa shape index (κ2) is 11.6. The SMILES string of the molecule is NCCCCCCCCNC(=O)Cc1cn([C@@H]2C=C[C@H](CO)O2)c(=O)[nH]c1=O. The third-order valence-corrected chi connectivity index (χ3v) is 4.60. The maximum absolute atomic E-state index is 12.1. The van der Waals surface area contributed by atoms with Gasteiger partial charge in [-0.1, -0.05) is 31.8 Å². The Kier molecular flexibility index (Phi) is 9.12. The van der Waals surface area contributed by atoms with Crippen LogP contribution in [0.3, 0.4) is 0 Å². The van der Waals surface area contributed by atoms with Gasteiger partial charge in [0, 0.05) is 18.3 Å². The minimum Gasteiger partial charge on any atom is -0.393 e. The Morgan fingerprint density at radius 1 is 1.18 bits per heavy atom. The van der Waals surface area contributed by atoms with Crippen molar-refractivity contribution in [3.05, 3.63) is 44.8 Å². The Hall–Kier alpha value is -2.23. The van der Waals surface area contributed by atoms with E-state index in [1.165, 1.54) is 10.8 Å². The molecule has 5 N–H and O–H groups in total. The summed E-state index contributed by atoms with van der Waals surface area (Å²) in [6.07, 6.45) is 9.65. The number of aliphatic hydroxyl groups excluding tert-OH is 1. The molecule has 0 saturated heterocycles. The maximum Gasteiger partial charge on any atom is 0.330 e. The van der Waals surface area contributed by atoms with E-state index in [9.17, 15) is 14.4 Å². The zero-order chi connectivity index (χ0) is 20.4. The van der Waals surface area contributed by atoms with Gasteiger partial charge in [-0.2, -0.15) is 0 Å². The molecule has 2 heterocycles. The highest BCUT2D eigenvalue weighted by atomic mass is 16.5. The molecule has 0 fully saturated rings. The average molecular weight is 394 g/mol. The van der Waals surface area contributed by atoms with Crippen molar-refractivity contribution in [1.82, 2.24) is 14.9 Å². The van der Waals surface area contributed by atoms with E-state index in [1.807, 2.05) is 0 Å². The molecule has 0 unspecified atom stereocenters. The topological polar surface area (TPSA) is 139 Å². The number of carbonyl (C=O) groups is 1. The minimum atomic E-state index is -0.720. The molecule has 0 bridgehead atoms. The van der Waals surface area contributed by atoms with Crippen molar-refractivity contribution < 1.29 is 14.6 Å². The molecule has 1 amide bonds. The Morgan fingerprint density at radius 3 is 2.57 bits per heavy atom. The lowest BCUT2D eigenvalue weighted by Crippen LogP contribution is -2.36. The number of carbonyl (C=O) groups excluding carboxylic acids is 1. The van der Waals surface area contributed by atoms with E-state index in [4.69, 9.17) is 15.6 Å². The van der Waals surface area contributed by atoms with E-state index < -0.39 is 23.6 Å². The van der Waals surface area contributed by atoms with Crippen LogP contribution in [0.1, 0.15) is 50.3 Å². The van der Waals surface area contributed by atoms with Gasteiger partial charge in [0.05, 0.1) is 13.0 Å². The van der Waals surface area contributed by atoms with Crippen LogP contribution >= 0.6 is 0 Å². The number of ether oxygens (including phenoxy) is 1. The van der Waals surface area contributed by atoms with Crippen molar-refractivity contribution in [3.8, 4) is 0 Å². The predicted molar refractivity (Wildman–Crippen MR) is 105 cm³/mol. The van der Waals surface area contributed by atoms with Gasteiger partial charge in [-0.3, -0.25) is 19.1 Å². The molecule has 2 rings (SSSR count). The lowest BCUT2D eigenvalue weighted by molar-refractivity contribution is -0.120. The number of aliphatic hydroxyl groups is 1. The van der Waals surface area contributed by atoms with Gasteiger partial charge in [-0.05, 0) is 25.5 Å². The first-order valence-corrected chi connectivity index (χ1v) is 9.81. The number of H-pyrrole nitrogens is 1. The van der Waals surface area contributed by atoms with Gasteiger partial charge in [0.15, 0.2) is 6.23 Å². The molecule has 2 atom stereocenters. The molecule has 1 aliphatic heterocycles. The van der Waals surface area contributed by atoms with Crippen molar-refractivity contribution in [2.45, 2.75) is 57.3 Å². The van der Waals surface area contributed by atoms with Gasteiger partial charge in [0.1, 0.15) is 6.10 Å². The predicted octanol–water partition coefficient (Wildman–Crippen LogP) is -0.0595. The van der Waals surface area contributed by atoms with Gasteiger partial charge in [0.2, 0.25) is 5.91 Å². The molecule has 0 radical (unpaired) electrons. The normalized spacial score (nSPS) is 18.5. The van der Waals surface area contributed by atoms with E-state index in [1.54, 1.807) is 12.2 Å². The first-order chi connectivity index (χ1) is 13.5. The summed E-state index contributed by atoms with van der Waals surface area (Å²) in [6.45, 7) is 1.08. The fourth-order valence-corrected chi connectivity index (χ4v) is 3.03. The lowest BCUT2D eigenvalue weighted by Gasteiger charge is -2.15. The minimum absolute atomic E-state index is 0.119. The molecular formula is C19H30N4O5. The Bertz CT molecular complexity index is 770. The zero-order valence-corrected chi connectivity index (χ0v) is 16.1. The van der Waals surface area contributed by atoms with Gasteiger partial charge in [-0.15, -0.1) is 0 Å². The molecule has 28 heavy (non-hydrogen) atoms. The monoisotopic (exact) mass is 394 g/mol. The number of amides is 1. The Balaban J connectivity index is 1.82. The summed E-state index contributed by atoms with van der Waals surface area (Å²) < 4.78 is 6.68. The smallest absolute Gasteiger partial charge is 0.330 e. The van der Waals surface area contributed by atoms with Crippen LogP contribution in [-0.2, 0) is 16.0 Å². The Morgan fingerprint density at radius 2 is 1.89 bits per heavy atom. The number of unbranched alkanes of at least 4 members (excludes halogenated alkanes) is 5. The third kappa shape index (κ3) is 6.74. The quantitative estimate of drug-likeness (QED) is 0.289. The second-order valence-electron chi connectivity index (χ2n) is 6.89. The molecule has 156 valence electrons.